The Labute approximate surface area is 390 Å². The molecule has 4 heteroatoms. The number of hydrogen-bond donors (Lipinski definition) is 0. The monoisotopic (exact) mass is 826 g/mol. The quantitative estimate of drug-likeness (QED) is 0.150. The van der Waals surface area contributed by atoms with Gasteiger partial charge in [-0.15, -0.1) is 11.3 Å². The van der Waals surface area contributed by atoms with Crippen LogP contribution < -0.4 is 4.90 Å². The maximum absolute atomic E-state index is 10.1. The van der Waals surface area contributed by atoms with E-state index in [1.54, 1.807) is 18.2 Å². The summed E-state index contributed by atoms with van der Waals surface area (Å²) in [6, 6.07) is 19.2. The molecule has 12 rings (SSSR count). The molecular formula is C58H37N3S. The van der Waals surface area contributed by atoms with Crippen LogP contribution in [-0.2, 0) is 0 Å². The van der Waals surface area contributed by atoms with Gasteiger partial charge in [-0.05, 0) is 87.3 Å². The molecule has 0 aliphatic rings. The van der Waals surface area contributed by atoms with Crippen LogP contribution in [0.3, 0.4) is 0 Å². The predicted octanol–water partition coefficient (Wildman–Crippen LogP) is 16.4. The van der Waals surface area contributed by atoms with Gasteiger partial charge >= 0.3 is 0 Å². The van der Waals surface area contributed by atoms with E-state index < -0.39 is 137 Å². The molecule has 2 aromatic heterocycles. The van der Waals surface area contributed by atoms with Gasteiger partial charge < -0.3 is 4.90 Å². The van der Waals surface area contributed by atoms with Crippen LogP contribution in [0.2, 0.25) is 0 Å². The Balaban J connectivity index is 1.21. The van der Waals surface area contributed by atoms with Crippen molar-refractivity contribution in [3.05, 3.63) is 224 Å². The molecule has 0 aliphatic carbocycles. The molecule has 290 valence electrons. The fourth-order valence-electron chi connectivity index (χ4n) is 7.86. The molecule has 0 fully saturated rings. The average molecular weight is 827 g/mol. The Kier molecular flexibility index (Phi) is 5.20. The molecule has 0 saturated heterocycles. The molecule has 0 atom stereocenters. The van der Waals surface area contributed by atoms with Crippen LogP contribution in [0, 0.1) is 0 Å². The molecule has 0 bridgehead atoms. The van der Waals surface area contributed by atoms with E-state index in [0.717, 1.165) is 27.8 Å². The highest BCUT2D eigenvalue weighted by molar-refractivity contribution is 7.25. The SMILES string of the molecule is [2H]c1c([2H])c([2H])c(-c2c([2H])c([2H])c([2H])c(-c3c([2H])c([2H])c([2H])c([2H])c3N(c3ccc4c(ccc5ccc6nc(-c7ccccc7)c(-c7ccccc7)nc6c54)c3)c3cc([2H])c4sc5c([2H])c([2H])c([2H])c([2H])c5c4c3[2H])c2[2H])c([2H])c1[2H]. The maximum Gasteiger partial charge on any atom is 0.0979 e. The molecule has 0 N–H and O–H groups in total. The van der Waals surface area contributed by atoms with Crippen LogP contribution >= 0.6 is 11.3 Å². The molecule has 3 nitrogen and oxygen atoms in total. The summed E-state index contributed by atoms with van der Waals surface area (Å²) in [6.07, 6.45) is 0. The lowest BCUT2D eigenvalue weighted by atomic mass is 9.96. The van der Waals surface area contributed by atoms with E-state index >= 15 is 0 Å². The van der Waals surface area contributed by atoms with E-state index in [9.17, 15) is 8.22 Å². The first kappa shape index (κ1) is 21.6. The Hall–Kier alpha value is -7.92. The molecule has 0 saturated carbocycles. The third kappa shape index (κ3) is 6.20. The zero-order valence-corrected chi connectivity index (χ0v) is 33.0. The minimum absolute atomic E-state index is 0.0552. The van der Waals surface area contributed by atoms with Crippen molar-refractivity contribution in [1.29, 1.82) is 0 Å². The van der Waals surface area contributed by atoms with Gasteiger partial charge in [-0.2, -0.15) is 0 Å². The number of anilines is 3. The summed E-state index contributed by atoms with van der Waals surface area (Å²) >= 11 is 0.875. The van der Waals surface area contributed by atoms with Gasteiger partial charge in [0.15, 0.2) is 0 Å². The van der Waals surface area contributed by atoms with Gasteiger partial charge in [0, 0.05) is 53.6 Å². The second kappa shape index (κ2) is 15.0. The summed E-state index contributed by atoms with van der Waals surface area (Å²) in [5.41, 5.74) is 0.693. The van der Waals surface area contributed by atoms with Crippen molar-refractivity contribution >= 4 is 81.1 Å². The van der Waals surface area contributed by atoms with Gasteiger partial charge in [-0.25, -0.2) is 9.97 Å². The van der Waals surface area contributed by atoms with Crippen LogP contribution in [0.15, 0.2) is 224 Å². The second-order valence-corrected chi connectivity index (χ2v) is 15.3. The largest absolute Gasteiger partial charge is 0.310 e. The van der Waals surface area contributed by atoms with Gasteiger partial charge in [-0.3, -0.25) is 0 Å². The number of aromatic nitrogens is 2. The van der Waals surface area contributed by atoms with Crippen LogP contribution in [-0.4, -0.2) is 9.97 Å². The van der Waals surface area contributed by atoms with Gasteiger partial charge in [0.25, 0.3) is 0 Å². The molecular weight excluding hydrogens is 771 g/mol. The van der Waals surface area contributed by atoms with E-state index in [2.05, 4.69) is 0 Å². The zero-order chi connectivity index (χ0) is 57.5. The van der Waals surface area contributed by atoms with Crippen LogP contribution in [0.25, 0.3) is 97.5 Å². The molecule has 62 heavy (non-hydrogen) atoms. The first-order chi connectivity index (χ1) is 38.6. The third-order valence-electron chi connectivity index (χ3n) is 10.7. The third-order valence-corrected chi connectivity index (χ3v) is 11.7. The Morgan fingerprint density at radius 2 is 1.11 bits per heavy atom. The van der Waals surface area contributed by atoms with Crippen molar-refractivity contribution in [2.24, 2.45) is 0 Å². The Bertz CT molecular complexity index is 4740. The van der Waals surface area contributed by atoms with E-state index in [4.69, 9.17) is 27.8 Å². The first-order valence-electron chi connectivity index (χ1n) is 28.9. The minimum atomic E-state index is -0.915. The van der Waals surface area contributed by atoms with Crippen molar-refractivity contribution < 1.29 is 26.0 Å². The van der Waals surface area contributed by atoms with Gasteiger partial charge in [0.1, 0.15) is 0 Å². The summed E-state index contributed by atoms with van der Waals surface area (Å²) in [4.78, 5) is 11.8. The van der Waals surface area contributed by atoms with Crippen LogP contribution in [0.5, 0.6) is 0 Å². The fourth-order valence-corrected chi connectivity index (χ4v) is 8.79. The van der Waals surface area contributed by atoms with Gasteiger partial charge in [-0.1, -0.05) is 170 Å². The number of rotatable bonds is 7. The predicted molar refractivity (Wildman–Crippen MR) is 264 cm³/mol. The van der Waals surface area contributed by atoms with Crippen molar-refractivity contribution in [2.75, 3.05) is 4.90 Å². The molecule has 2 heterocycles. The van der Waals surface area contributed by atoms with Crippen LogP contribution in [0.1, 0.15) is 26.0 Å². The molecule has 0 unspecified atom stereocenters. The molecule has 0 radical (unpaired) electrons. The number of nitrogens with zero attached hydrogens (tertiary/aromatic N) is 3. The lowest BCUT2D eigenvalue weighted by Gasteiger charge is -2.28. The zero-order valence-electron chi connectivity index (χ0n) is 51.1. The van der Waals surface area contributed by atoms with Crippen molar-refractivity contribution in [3.63, 3.8) is 0 Å². The highest BCUT2D eigenvalue weighted by atomic mass is 32.1. The maximum atomic E-state index is 10.1. The fraction of sp³-hybridized carbons (Fsp3) is 0. The first-order valence-corrected chi connectivity index (χ1v) is 20.2. The number of para-hydroxylation sites is 1. The normalized spacial score (nSPS) is 15.8. The highest BCUT2D eigenvalue weighted by Gasteiger charge is 2.21. The smallest absolute Gasteiger partial charge is 0.0979 e. The highest BCUT2D eigenvalue weighted by Crippen LogP contribution is 2.46. The minimum Gasteiger partial charge on any atom is -0.310 e. The summed E-state index contributed by atoms with van der Waals surface area (Å²) in [6.45, 7) is 0. The molecule has 12 aromatic rings. The van der Waals surface area contributed by atoms with E-state index in [1.165, 1.54) is 11.0 Å². The summed E-state index contributed by atoms with van der Waals surface area (Å²) in [5, 5.41) is 2.51. The molecule has 0 amide bonds. The Morgan fingerprint density at radius 3 is 1.95 bits per heavy atom. The Morgan fingerprint density at radius 1 is 0.435 bits per heavy atom. The lowest BCUT2D eigenvalue weighted by molar-refractivity contribution is 1.29. The van der Waals surface area contributed by atoms with Crippen LogP contribution in [0.4, 0.5) is 17.1 Å². The van der Waals surface area contributed by atoms with E-state index in [1.807, 2.05) is 84.9 Å². The number of fused-ring (bicyclic) bond motifs is 8. The molecule has 0 aliphatic heterocycles. The van der Waals surface area contributed by atoms with Crippen molar-refractivity contribution in [2.45, 2.75) is 0 Å². The average Bonchev–Trinajstić information content (AvgIpc) is 4.07. The van der Waals surface area contributed by atoms with E-state index in [-0.39, 0.29) is 37.6 Å². The summed E-state index contributed by atoms with van der Waals surface area (Å²) in [7, 11) is 0. The summed E-state index contributed by atoms with van der Waals surface area (Å²) < 4.78 is 172. The van der Waals surface area contributed by atoms with Crippen molar-refractivity contribution in [3.8, 4) is 44.8 Å². The second-order valence-electron chi connectivity index (χ2n) is 14.3. The van der Waals surface area contributed by atoms with Gasteiger partial charge in [0.2, 0.25) is 0 Å². The molecule has 0 spiro atoms. The lowest BCUT2D eigenvalue weighted by Crippen LogP contribution is -2.11. The number of hydrogen-bond acceptors (Lipinski definition) is 4. The topological polar surface area (TPSA) is 29.0 Å². The van der Waals surface area contributed by atoms with E-state index in [0.29, 0.717) is 38.6 Å². The number of benzene rings is 10. The number of thiophene rings is 1. The summed E-state index contributed by atoms with van der Waals surface area (Å²) in [5.74, 6) is 0. The standard InChI is InChI=1S/C58H37N3S/c1-4-15-38(16-5-1)42-21-14-22-43(35-42)47-23-10-12-25-52(47)61(46-31-34-54-50(37-46)49-24-11-13-26-53(49)62-54)45-30-32-48-44(36-45)28-27-39-29-33-51-58(55(39)48)60-57(41-19-8-3-9-20-41)56(59-51)40-17-6-2-7-18-40/h1-37H/i1D,4D,5D,10D,11D,12D,13D,14D,15D,16D,21D,22D,23D,24D,25D,26D,34D,35D,37D. The van der Waals surface area contributed by atoms with Gasteiger partial charge in [0.05, 0.1) is 54.2 Å². The molecule has 10 aromatic carbocycles. The van der Waals surface area contributed by atoms with Crippen molar-refractivity contribution in [1.82, 2.24) is 9.97 Å².